The van der Waals surface area contributed by atoms with Gasteiger partial charge in [0.2, 0.25) is 0 Å². The number of ether oxygens (including phenoxy) is 2. The molecule has 2 aliphatic rings. The molecule has 3 nitrogen and oxygen atoms in total. The van der Waals surface area contributed by atoms with Crippen LogP contribution in [0.1, 0.15) is 38.2 Å². The van der Waals surface area contributed by atoms with Gasteiger partial charge in [0.1, 0.15) is 0 Å². The fourth-order valence-corrected chi connectivity index (χ4v) is 3.36. The van der Waals surface area contributed by atoms with Gasteiger partial charge in [-0.3, -0.25) is 0 Å². The molecule has 0 bridgehead atoms. The highest BCUT2D eigenvalue weighted by Crippen LogP contribution is 2.42. The Hall–Kier alpha value is -0.740. The Balaban J connectivity index is 1.90. The van der Waals surface area contributed by atoms with Gasteiger partial charge in [-0.15, -0.1) is 0 Å². The van der Waals surface area contributed by atoms with E-state index in [-0.39, 0.29) is 5.41 Å². The van der Waals surface area contributed by atoms with E-state index in [1.54, 1.807) is 0 Å². The molecule has 1 saturated heterocycles. The Morgan fingerprint density at radius 3 is 2.80 bits per heavy atom. The molecule has 2 aliphatic heterocycles. The van der Waals surface area contributed by atoms with Gasteiger partial charge in [-0.1, -0.05) is 13.8 Å². The molecule has 0 aromatic heterocycles. The average molecular weight is 340 g/mol. The van der Waals surface area contributed by atoms with Crippen molar-refractivity contribution < 1.29 is 9.47 Å². The number of hydrogen-bond donors (Lipinski definition) is 1. The van der Waals surface area contributed by atoms with Crippen molar-refractivity contribution in [1.29, 1.82) is 0 Å². The van der Waals surface area contributed by atoms with Crippen molar-refractivity contribution in [2.24, 2.45) is 5.41 Å². The molecule has 0 aliphatic carbocycles. The van der Waals surface area contributed by atoms with Crippen molar-refractivity contribution >= 4 is 15.9 Å². The van der Waals surface area contributed by atoms with E-state index >= 15 is 0 Å². The molecule has 0 amide bonds. The van der Waals surface area contributed by atoms with E-state index in [9.17, 15) is 0 Å². The van der Waals surface area contributed by atoms with Gasteiger partial charge < -0.3 is 14.8 Å². The Kier molecular flexibility index (Phi) is 3.95. The highest BCUT2D eigenvalue weighted by molar-refractivity contribution is 9.10. The Bertz CT molecular complexity index is 495. The number of halogens is 1. The molecule has 0 spiro atoms. The molecule has 20 heavy (non-hydrogen) atoms. The van der Waals surface area contributed by atoms with Crippen molar-refractivity contribution in [2.45, 2.75) is 32.6 Å². The van der Waals surface area contributed by atoms with E-state index in [0.717, 1.165) is 29.1 Å². The molecular formula is C16H22BrNO2. The molecule has 4 heteroatoms. The van der Waals surface area contributed by atoms with E-state index in [2.05, 4.69) is 47.2 Å². The van der Waals surface area contributed by atoms with Crippen molar-refractivity contribution in [3.63, 3.8) is 0 Å². The smallest absolute Gasteiger partial charge is 0.175 e. The molecule has 1 unspecified atom stereocenters. The van der Waals surface area contributed by atoms with Crippen LogP contribution in [-0.2, 0) is 0 Å². The van der Waals surface area contributed by atoms with Crippen LogP contribution >= 0.6 is 15.9 Å². The predicted molar refractivity (Wildman–Crippen MR) is 83.8 cm³/mol. The number of benzene rings is 1. The molecule has 1 atom stereocenters. The van der Waals surface area contributed by atoms with Gasteiger partial charge in [-0.2, -0.15) is 0 Å². The maximum absolute atomic E-state index is 6.00. The van der Waals surface area contributed by atoms with Gasteiger partial charge in [0, 0.05) is 12.0 Å². The van der Waals surface area contributed by atoms with Gasteiger partial charge in [-0.25, -0.2) is 0 Å². The van der Waals surface area contributed by atoms with Crippen LogP contribution in [0.3, 0.4) is 0 Å². The lowest BCUT2D eigenvalue weighted by Gasteiger charge is -2.24. The monoisotopic (exact) mass is 339 g/mol. The molecule has 1 aromatic rings. The minimum atomic E-state index is 0.0466. The summed E-state index contributed by atoms with van der Waals surface area (Å²) in [5.41, 5.74) is 1.39. The van der Waals surface area contributed by atoms with Crippen LogP contribution in [0.2, 0.25) is 0 Å². The lowest BCUT2D eigenvalue weighted by Crippen LogP contribution is -2.28. The third-order valence-electron chi connectivity index (χ3n) is 4.03. The predicted octanol–water partition coefficient (Wildman–Crippen LogP) is 3.71. The van der Waals surface area contributed by atoms with Crippen molar-refractivity contribution in [3.8, 4) is 11.5 Å². The number of piperidine rings is 1. The first-order chi connectivity index (χ1) is 9.55. The maximum atomic E-state index is 6.00. The van der Waals surface area contributed by atoms with Crippen LogP contribution in [0.4, 0.5) is 0 Å². The van der Waals surface area contributed by atoms with Gasteiger partial charge in [0.05, 0.1) is 17.7 Å². The van der Waals surface area contributed by atoms with Crippen LogP contribution < -0.4 is 14.8 Å². The second-order valence-corrected chi connectivity index (χ2v) is 7.47. The van der Waals surface area contributed by atoms with E-state index in [4.69, 9.17) is 9.47 Å². The number of hydrogen-bond acceptors (Lipinski definition) is 3. The van der Waals surface area contributed by atoms with E-state index in [1.807, 2.05) is 0 Å². The zero-order valence-corrected chi connectivity index (χ0v) is 13.8. The van der Waals surface area contributed by atoms with Gasteiger partial charge in [-0.05, 0) is 58.9 Å². The standard InChI is InChI=1S/C16H22BrNO2/c1-16(2)9-19-14-7-12(11-4-3-5-18-8-11)6-13(17)15(14)20-10-16/h6-7,11,18H,3-5,8-10H2,1-2H3. The minimum Gasteiger partial charge on any atom is -0.489 e. The molecule has 1 N–H and O–H groups in total. The van der Waals surface area contributed by atoms with Crippen LogP contribution in [0, 0.1) is 5.41 Å². The molecular weight excluding hydrogens is 318 g/mol. The third kappa shape index (κ3) is 2.96. The van der Waals surface area contributed by atoms with Gasteiger partial charge in [0.15, 0.2) is 11.5 Å². The summed E-state index contributed by atoms with van der Waals surface area (Å²) in [6, 6.07) is 4.36. The quantitative estimate of drug-likeness (QED) is 0.845. The maximum Gasteiger partial charge on any atom is 0.175 e. The summed E-state index contributed by atoms with van der Waals surface area (Å²) in [5, 5.41) is 3.47. The number of fused-ring (bicyclic) bond motifs is 1. The first-order valence-corrected chi connectivity index (χ1v) is 8.14. The summed E-state index contributed by atoms with van der Waals surface area (Å²) in [5.74, 6) is 2.30. The van der Waals surface area contributed by atoms with Crippen LogP contribution in [0.5, 0.6) is 11.5 Å². The summed E-state index contributed by atoms with van der Waals surface area (Å²) in [6.45, 7) is 7.90. The third-order valence-corrected chi connectivity index (χ3v) is 4.61. The average Bonchev–Trinajstić information content (AvgIpc) is 2.59. The lowest BCUT2D eigenvalue weighted by molar-refractivity contribution is 0.140. The highest BCUT2D eigenvalue weighted by Gasteiger charge is 2.27. The first-order valence-electron chi connectivity index (χ1n) is 7.35. The largest absolute Gasteiger partial charge is 0.489 e. The zero-order valence-electron chi connectivity index (χ0n) is 12.2. The summed E-state index contributed by atoms with van der Waals surface area (Å²) < 4.78 is 13.0. The molecule has 110 valence electrons. The molecule has 2 heterocycles. The van der Waals surface area contributed by atoms with E-state index in [0.29, 0.717) is 19.1 Å². The molecule has 1 aromatic carbocycles. The van der Waals surface area contributed by atoms with Gasteiger partial charge >= 0.3 is 0 Å². The Morgan fingerprint density at radius 2 is 2.05 bits per heavy atom. The number of nitrogens with one attached hydrogen (secondary N) is 1. The molecule has 0 saturated carbocycles. The fourth-order valence-electron chi connectivity index (χ4n) is 2.79. The van der Waals surface area contributed by atoms with E-state index < -0.39 is 0 Å². The Morgan fingerprint density at radius 1 is 1.25 bits per heavy atom. The molecule has 0 radical (unpaired) electrons. The number of rotatable bonds is 1. The second kappa shape index (κ2) is 5.57. The van der Waals surface area contributed by atoms with Crippen molar-refractivity contribution in [1.82, 2.24) is 5.32 Å². The van der Waals surface area contributed by atoms with E-state index in [1.165, 1.54) is 18.4 Å². The molecule has 1 fully saturated rings. The summed E-state index contributed by atoms with van der Waals surface area (Å²) in [7, 11) is 0. The van der Waals surface area contributed by atoms with Crippen molar-refractivity contribution in [2.75, 3.05) is 26.3 Å². The molecule has 3 rings (SSSR count). The SMILES string of the molecule is CC1(C)COc2cc(C3CCCNC3)cc(Br)c2OC1. The summed E-state index contributed by atoms with van der Waals surface area (Å²) >= 11 is 3.65. The van der Waals surface area contributed by atoms with Crippen LogP contribution in [0.25, 0.3) is 0 Å². The minimum absolute atomic E-state index is 0.0466. The normalized spacial score (nSPS) is 25.1. The highest BCUT2D eigenvalue weighted by atomic mass is 79.9. The lowest BCUT2D eigenvalue weighted by atomic mass is 9.91. The Labute approximate surface area is 129 Å². The zero-order chi connectivity index (χ0) is 14.2. The van der Waals surface area contributed by atoms with Crippen LogP contribution in [0.15, 0.2) is 16.6 Å². The van der Waals surface area contributed by atoms with Crippen LogP contribution in [-0.4, -0.2) is 26.3 Å². The first kappa shape index (κ1) is 14.2. The summed E-state index contributed by atoms with van der Waals surface area (Å²) in [6.07, 6.45) is 2.48. The summed E-state index contributed by atoms with van der Waals surface area (Å²) in [4.78, 5) is 0. The second-order valence-electron chi connectivity index (χ2n) is 6.61. The van der Waals surface area contributed by atoms with Gasteiger partial charge in [0.25, 0.3) is 0 Å². The van der Waals surface area contributed by atoms with Crippen molar-refractivity contribution in [3.05, 3.63) is 22.2 Å². The fraction of sp³-hybridized carbons (Fsp3) is 0.625. The topological polar surface area (TPSA) is 30.5 Å².